The number of thioether (sulfide) groups is 1. The van der Waals surface area contributed by atoms with E-state index in [0.717, 1.165) is 29.8 Å². The summed E-state index contributed by atoms with van der Waals surface area (Å²) in [5.74, 6) is 1.05. The minimum absolute atomic E-state index is 0.0342. The van der Waals surface area contributed by atoms with Gasteiger partial charge in [0.1, 0.15) is 0 Å². The lowest BCUT2D eigenvalue weighted by atomic mass is 10.1. The predicted molar refractivity (Wildman–Crippen MR) is 132 cm³/mol. The van der Waals surface area contributed by atoms with Gasteiger partial charge in [-0.15, -0.1) is 5.10 Å². The number of hydrogen-bond donors (Lipinski definition) is 2. The number of anilines is 2. The Morgan fingerprint density at radius 3 is 2.56 bits per heavy atom. The van der Waals surface area contributed by atoms with E-state index in [1.807, 2.05) is 50.2 Å². The molecule has 0 radical (unpaired) electrons. The van der Waals surface area contributed by atoms with E-state index in [0.29, 0.717) is 33.6 Å². The van der Waals surface area contributed by atoms with Crippen LogP contribution in [0.15, 0.2) is 59.8 Å². The van der Waals surface area contributed by atoms with Crippen LogP contribution in [-0.2, 0) is 10.5 Å². The van der Waals surface area contributed by atoms with Crippen LogP contribution in [0.2, 0.25) is 0 Å². The SMILES string of the molecule is Cc1cc(C)n2nc(SCc3ccccc3C(=O)Nc3cccc(NC(=O)C4CC4)c3)nc2n1. The first-order valence-electron chi connectivity index (χ1n) is 11.1. The zero-order chi connectivity index (χ0) is 23.7. The number of nitrogens with zero attached hydrogens (tertiary/aromatic N) is 4. The molecule has 1 aliphatic rings. The van der Waals surface area contributed by atoms with Crippen LogP contribution in [0.1, 0.15) is 40.2 Å². The number of hydrogen-bond acceptors (Lipinski definition) is 6. The van der Waals surface area contributed by atoms with Gasteiger partial charge in [-0.05, 0) is 62.6 Å². The molecule has 0 atom stereocenters. The van der Waals surface area contributed by atoms with Crippen LogP contribution in [0.3, 0.4) is 0 Å². The molecule has 1 fully saturated rings. The molecular formula is C25H24N6O2S. The standard InChI is InChI=1S/C25H24N6O2S/c1-15-12-16(2)31-24(26-15)29-25(30-31)34-14-18-6-3-4-9-21(18)23(33)28-20-8-5-7-19(13-20)27-22(32)17-10-11-17/h3-9,12-13,17H,10-11,14H2,1-2H3,(H,27,32)(H,28,33). The number of aromatic nitrogens is 4. The van der Waals surface area contributed by atoms with Crippen molar-refractivity contribution in [3.8, 4) is 0 Å². The normalized spacial score (nSPS) is 13.1. The summed E-state index contributed by atoms with van der Waals surface area (Å²) in [4.78, 5) is 34.0. The summed E-state index contributed by atoms with van der Waals surface area (Å²) in [6, 6.07) is 16.7. The van der Waals surface area contributed by atoms with E-state index in [1.165, 1.54) is 11.8 Å². The van der Waals surface area contributed by atoms with Gasteiger partial charge in [0.05, 0.1) is 0 Å². The van der Waals surface area contributed by atoms with Crippen LogP contribution in [-0.4, -0.2) is 31.4 Å². The lowest BCUT2D eigenvalue weighted by molar-refractivity contribution is -0.117. The Labute approximate surface area is 201 Å². The summed E-state index contributed by atoms with van der Waals surface area (Å²) in [5.41, 5.74) is 4.62. The molecule has 1 saturated carbocycles. The Balaban J connectivity index is 1.28. The highest BCUT2D eigenvalue weighted by Crippen LogP contribution is 2.30. The molecule has 1 aliphatic carbocycles. The molecular weight excluding hydrogens is 448 g/mol. The third kappa shape index (κ3) is 4.94. The molecule has 34 heavy (non-hydrogen) atoms. The monoisotopic (exact) mass is 472 g/mol. The third-order valence-corrected chi connectivity index (χ3v) is 6.44. The van der Waals surface area contributed by atoms with Crippen molar-refractivity contribution in [2.24, 2.45) is 5.92 Å². The number of nitrogens with one attached hydrogen (secondary N) is 2. The quantitative estimate of drug-likeness (QED) is 0.380. The summed E-state index contributed by atoms with van der Waals surface area (Å²) < 4.78 is 1.73. The first kappa shape index (κ1) is 22.1. The first-order valence-corrected chi connectivity index (χ1v) is 12.1. The van der Waals surface area contributed by atoms with Gasteiger partial charge in [0, 0.05) is 40.0 Å². The molecule has 2 amide bonds. The van der Waals surface area contributed by atoms with Gasteiger partial charge < -0.3 is 10.6 Å². The number of carbonyl (C=O) groups excluding carboxylic acids is 2. The Morgan fingerprint density at radius 2 is 1.76 bits per heavy atom. The zero-order valence-electron chi connectivity index (χ0n) is 18.9. The largest absolute Gasteiger partial charge is 0.326 e. The minimum Gasteiger partial charge on any atom is -0.326 e. The van der Waals surface area contributed by atoms with Crippen LogP contribution >= 0.6 is 11.8 Å². The molecule has 0 unspecified atom stereocenters. The van der Waals surface area contributed by atoms with Crippen molar-refractivity contribution in [2.45, 2.75) is 37.6 Å². The first-order chi connectivity index (χ1) is 16.5. The Bertz CT molecular complexity index is 1400. The lowest BCUT2D eigenvalue weighted by Crippen LogP contribution is -2.15. The summed E-state index contributed by atoms with van der Waals surface area (Å²) in [7, 11) is 0. The van der Waals surface area contributed by atoms with Crippen molar-refractivity contribution in [1.29, 1.82) is 0 Å². The fourth-order valence-electron chi connectivity index (χ4n) is 3.68. The maximum absolute atomic E-state index is 13.1. The topological polar surface area (TPSA) is 101 Å². The van der Waals surface area contributed by atoms with Gasteiger partial charge in [-0.1, -0.05) is 36.0 Å². The molecule has 2 N–H and O–H groups in total. The van der Waals surface area contributed by atoms with Crippen LogP contribution in [0.5, 0.6) is 0 Å². The van der Waals surface area contributed by atoms with Crippen LogP contribution < -0.4 is 10.6 Å². The molecule has 0 aliphatic heterocycles. The zero-order valence-corrected chi connectivity index (χ0v) is 19.7. The molecule has 2 heterocycles. The average molecular weight is 473 g/mol. The van der Waals surface area contributed by atoms with Gasteiger partial charge in [0.2, 0.25) is 11.1 Å². The predicted octanol–water partition coefficient (Wildman–Crippen LogP) is 4.63. The number of fused-ring (bicyclic) bond motifs is 1. The molecule has 172 valence electrons. The maximum atomic E-state index is 13.1. The highest BCUT2D eigenvalue weighted by molar-refractivity contribution is 7.98. The molecule has 0 saturated heterocycles. The van der Waals surface area contributed by atoms with Gasteiger partial charge in [0.15, 0.2) is 0 Å². The van der Waals surface area contributed by atoms with Crippen LogP contribution in [0.4, 0.5) is 11.4 Å². The van der Waals surface area contributed by atoms with Gasteiger partial charge >= 0.3 is 0 Å². The Morgan fingerprint density at radius 1 is 1.00 bits per heavy atom. The second-order valence-electron chi connectivity index (χ2n) is 8.39. The number of benzene rings is 2. The second-order valence-corrected chi connectivity index (χ2v) is 9.33. The molecule has 9 heteroatoms. The fraction of sp³-hybridized carbons (Fsp3) is 0.240. The van der Waals surface area contributed by atoms with Crippen molar-refractivity contribution in [2.75, 3.05) is 10.6 Å². The summed E-state index contributed by atoms with van der Waals surface area (Å²) in [6.07, 6.45) is 1.88. The van der Waals surface area contributed by atoms with Gasteiger partial charge in [0.25, 0.3) is 11.7 Å². The van der Waals surface area contributed by atoms with E-state index in [1.54, 1.807) is 22.7 Å². The van der Waals surface area contributed by atoms with Gasteiger partial charge in [-0.3, -0.25) is 9.59 Å². The third-order valence-electron chi connectivity index (χ3n) is 5.55. The van der Waals surface area contributed by atoms with E-state index in [-0.39, 0.29) is 17.7 Å². The van der Waals surface area contributed by atoms with Gasteiger partial charge in [-0.2, -0.15) is 4.98 Å². The van der Waals surface area contributed by atoms with Crippen molar-refractivity contribution >= 4 is 40.7 Å². The van der Waals surface area contributed by atoms with E-state index < -0.39 is 0 Å². The van der Waals surface area contributed by atoms with E-state index >= 15 is 0 Å². The fourth-order valence-corrected chi connectivity index (χ4v) is 4.50. The van der Waals surface area contributed by atoms with E-state index in [2.05, 4.69) is 25.7 Å². The smallest absolute Gasteiger partial charge is 0.255 e. The summed E-state index contributed by atoms with van der Waals surface area (Å²) >= 11 is 1.46. The molecule has 8 nitrogen and oxygen atoms in total. The number of carbonyl (C=O) groups is 2. The van der Waals surface area contributed by atoms with Gasteiger partial charge in [-0.25, -0.2) is 9.50 Å². The maximum Gasteiger partial charge on any atom is 0.255 e. The second kappa shape index (κ2) is 9.26. The molecule has 2 aromatic carbocycles. The van der Waals surface area contributed by atoms with Crippen molar-refractivity contribution in [3.05, 3.63) is 77.1 Å². The number of aryl methyl sites for hydroxylation is 2. The summed E-state index contributed by atoms with van der Waals surface area (Å²) in [5, 5.41) is 11.0. The minimum atomic E-state index is -0.210. The molecule has 0 bridgehead atoms. The molecule has 5 rings (SSSR count). The number of amides is 2. The Kier molecular flexibility index (Phi) is 6.02. The van der Waals surface area contributed by atoms with Crippen molar-refractivity contribution in [3.63, 3.8) is 0 Å². The number of rotatable bonds is 7. The van der Waals surface area contributed by atoms with Crippen LogP contribution in [0.25, 0.3) is 5.78 Å². The van der Waals surface area contributed by atoms with Crippen molar-refractivity contribution < 1.29 is 9.59 Å². The van der Waals surface area contributed by atoms with E-state index in [4.69, 9.17) is 0 Å². The van der Waals surface area contributed by atoms with Crippen LogP contribution in [0, 0.1) is 19.8 Å². The molecule has 2 aromatic heterocycles. The highest BCUT2D eigenvalue weighted by Gasteiger charge is 2.29. The molecule has 0 spiro atoms. The highest BCUT2D eigenvalue weighted by atomic mass is 32.2. The summed E-state index contributed by atoms with van der Waals surface area (Å²) in [6.45, 7) is 3.90. The lowest BCUT2D eigenvalue weighted by Gasteiger charge is -2.11. The van der Waals surface area contributed by atoms with E-state index in [9.17, 15) is 9.59 Å². The molecule has 4 aromatic rings. The van der Waals surface area contributed by atoms with Crippen molar-refractivity contribution in [1.82, 2.24) is 19.6 Å². The Hall–Kier alpha value is -3.72. The average Bonchev–Trinajstić information content (AvgIpc) is 3.58.